The highest BCUT2D eigenvalue weighted by Crippen LogP contribution is 2.15. The normalized spacial score (nSPS) is 20.4. The molecule has 1 heterocycles. The van der Waals surface area contributed by atoms with Gasteiger partial charge in [-0.15, -0.1) is 0 Å². The molecule has 0 radical (unpaired) electrons. The fraction of sp³-hybridized carbons (Fsp3) is 0.571. The molecule has 6 heteroatoms. The Bertz CT molecular complexity index is 528. The van der Waals surface area contributed by atoms with Crippen LogP contribution in [-0.2, 0) is 21.1 Å². The van der Waals surface area contributed by atoms with E-state index < -0.39 is 9.84 Å². The van der Waals surface area contributed by atoms with E-state index in [2.05, 4.69) is 4.90 Å². The lowest BCUT2D eigenvalue weighted by atomic mass is 10.2. The van der Waals surface area contributed by atoms with Crippen LogP contribution in [0, 0.1) is 0 Å². The molecule has 1 unspecified atom stereocenters. The van der Waals surface area contributed by atoms with Crippen molar-refractivity contribution in [1.29, 1.82) is 0 Å². The van der Waals surface area contributed by atoms with Crippen molar-refractivity contribution in [3.63, 3.8) is 0 Å². The van der Waals surface area contributed by atoms with E-state index in [1.165, 1.54) is 0 Å². The summed E-state index contributed by atoms with van der Waals surface area (Å²) in [6, 6.07) is 6.81. The maximum atomic E-state index is 12.3. The fourth-order valence-electron chi connectivity index (χ4n) is 2.39. The van der Waals surface area contributed by atoms with E-state index in [1.54, 1.807) is 31.4 Å². The first-order valence-corrected chi connectivity index (χ1v) is 8.47. The van der Waals surface area contributed by atoms with Crippen LogP contribution in [0.15, 0.2) is 29.2 Å². The van der Waals surface area contributed by atoms with E-state index in [1.807, 2.05) is 0 Å². The topological polar surface area (TPSA) is 72.6 Å². The monoisotopic (exact) mass is 298 g/mol. The second kappa shape index (κ2) is 6.67. The number of hydrogen-bond acceptors (Lipinski definition) is 5. The van der Waals surface area contributed by atoms with E-state index in [-0.39, 0.29) is 11.9 Å². The molecule has 112 valence electrons. The standard InChI is InChI=1S/C14H22N2O3S/c1-19-13-6-7-16(11-13)8-9-20(17,18)14-4-2-12(10-15)3-5-14/h2-5,13H,6-11,15H2,1H3. The van der Waals surface area contributed by atoms with E-state index >= 15 is 0 Å². The van der Waals surface area contributed by atoms with Gasteiger partial charge in [-0.2, -0.15) is 0 Å². The van der Waals surface area contributed by atoms with E-state index in [0.29, 0.717) is 18.0 Å². The summed E-state index contributed by atoms with van der Waals surface area (Å²) in [6.45, 7) is 2.70. The third-order valence-corrected chi connectivity index (χ3v) is 5.47. The van der Waals surface area contributed by atoms with Gasteiger partial charge in [-0.05, 0) is 24.1 Å². The molecule has 0 amide bonds. The molecule has 0 spiro atoms. The molecule has 5 nitrogen and oxygen atoms in total. The van der Waals surface area contributed by atoms with Crippen molar-refractivity contribution in [3.05, 3.63) is 29.8 Å². The van der Waals surface area contributed by atoms with Crippen LogP contribution in [0.25, 0.3) is 0 Å². The van der Waals surface area contributed by atoms with Crippen LogP contribution < -0.4 is 5.73 Å². The van der Waals surface area contributed by atoms with Gasteiger partial charge in [0.25, 0.3) is 0 Å². The van der Waals surface area contributed by atoms with Gasteiger partial charge < -0.3 is 10.5 Å². The van der Waals surface area contributed by atoms with E-state index in [0.717, 1.165) is 25.1 Å². The molecule has 2 rings (SSSR count). The third kappa shape index (κ3) is 3.79. The molecule has 1 fully saturated rings. The average molecular weight is 298 g/mol. The first-order chi connectivity index (χ1) is 9.55. The lowest BCUT2D eigenvalue weighted by molar-refractivity contribution is 0.109. The quantitative estimate of drug-likeness (QED) is 0.834. The minimum Gasteiger partial charge on any atom is -0.380 e. The SMILES string of the molecule is COC1CCN(CCS(=O)(=O)c2ccc(CN)cc2)C1. The van der Waals surface area contributed by atoms with Gasteiger partial charge in [0.2, 0.25) is 0 Å². The van der Waals surface area contributed by atoms with E-state index in [9.17, 15) is 8.42 Å². The van der Waals surface area contributed by atoms with Crippen molar-refractivity contribution >= 4 is 9.84 Å². The summed E-state index contributed by atoms with van der Waals surface area (Å²) in [6.07, 6.45) is 1.21. The van der Waals surface area contributed by atoms with Gasteiger partial charge in [0.15, 0.2) is 9.84 Å². The van der Waals surface area contributed by atoms with Crippen LogP contribution in [0.3, 0.4) is 0 Å². The molecule has 1 aromatic carbocycles. The van der Waals surface area contributed by atoms with Crippen LogP contribution in [0.5, 0.6) is 0 Å². The number of nitrogens with zero attached hydrogens (tertiary/aromatic N) is 1. The molecule has 0 aromatic heterocycles. The fourth-order valence-corrected chi connectivity index (χ4v) is 3.68. The molecule has 0 bridgehead atoms. The summed E-state index contributed by atoms with van der Waals surface area (Å²) in [5.74, 6) is 0.144. The number of sulfone groups is 1. The van der Waals surface area contributed by atoms with Crippen molar-refractivity contribution in [1.82, 2.24) is 4.90 Å². The molecule has 20 heavy (non-hydrogen) atoms. The summed E-state index contributed by atoms with van der Waals surface area (Å²) in [4.78, 5) is 2.51. The zero-order valence-electron chi connectivity index (χ0n) is 11.8. The lowest BCUT2D eigenvalue weighted by Gasteiger charge is -2.15. The van der Waals surface area contributed by atoms with Gasteiger partial charge in [0, 0.05) is 33.3 Å². The predicted octanol–water partition coefficient (Wildman–Crippen LogP) is 0.640. The second-order valence-electron chi connectivity index (χ2n) is 5.11. The number of methoxy groups -OCH3 is 1. The number of hydrogen-bond donors (Lipinski definition) is 1. The Labute approximate surface area is 120 Å². The average Bonchev–Trinajstić information content (AvgIpc) is 2.93. The molecule has 1 aliphatic rings. The number of ether oxygens (including phenoxy) is 1. The number of rotatable bonds is 6. The Morgan fingerprint density at radius 2 is 2.05 bits per heavy atom. The summed E-state index contributed by atoms with van der Waals surface area (Å²) in [5.41, 5.74) is 6.45. The zero-order chi connectivity index (χ0) is 14.6. The Balaban J connectivity index is 1.93. The number of benzene rings is 1. The highest BCUT2D eigenvalue weighted by molar-refractivity contribution is 7.91. The van der Waals surface area contributed by atoms with Gasteiger partial charge in [0.1, 0.15) is 0 Å². The molecule has 1 saturated heterocycles. The zero-order valence-corrected chi connectivity index (χ0v) is 12.6. The lowest BCUT2D eigenvalue weighted by Crippen LogP contribution is -2.28. The first kappa shape index (κ1) is 15.4. The minimum absolute atomic E-state index is 0.144. The van der Waals surface area contributed by atoms with Gasteiger partial charge in [-0.3, -0.25) is 4.90 Å². The van der Waals surface area contributed by atoms with Crippen molar-refractivity contribution < 1.29 is 13.2 Å². The molecule has 1 atom stereocenters. The van der Waals surface area contributed by atoms with Crippen LogP contribution in [0.1, 0.15) is 12.0 Å². The van der Waals surface area contributed by atoms with Crippen molar-refractivity contribution in [3.8, 4) is 0 Å². The molecule has 0 aliphatic carbocycles. The summed E-state index contributed by atoms with van der Waals surface area (Å²) >= 11 is 0. The van der Waals surface area contributed by atoms with Crippen LogP contribution >= 0.6 is 0 Å². The highest BCUT2D eigenvalue weighted by Gasteiger charge is 2.24. The van der Waals surface area contributed by atoms with Crippen LogP contribution in [0.4, 0.5) is 0 Å². The maximum Gasteiger partial charge on any atom is 0.179 e. The van der Waals surface area contributed by atoms with Crippen molar-refractivity contribution in [2.24, 2.45) is 5.73 Å². The van der Waals surface area contributed by atoms with E-state index in [4.69, 9.17) is 10.5 Å². The van der Waals surface area contributed by atoms with Crippen LogP contribution in [0.2, 0.25) is 0 Å². The van der Waals surface area contributed by atoms with Gasteiger partial charge in [0.05, 0.1) is 16.8 Å². The van der Waals surface area contributed by atoms with Crippen molar-refractivity contribution in [2.45, 2.75) is 24.0 Å². The molecule has 1 aromatic rings. The van der Waals surface area contributed by atoms with Gasteiger partial charge >= 0.3 is 0 Å². The second-order valence-corrected chi connectivity index (χ2v) is 7.22. The Hall–Kier alpha value is -0.950. The Kier molecular flexibility index (Phi) is 5.15. The largest absolute Gasteiger partial charge is 0.380 e. The number of likely N-dealkylation sites (tertiary alicyclic amines) is 1. The smallest absolute Gasteiger partial charge is 0.179 e. The summed E-state index contributed by atoms with van der Waals surface area (Å²) in [5, 5.41) is 0. The summed E-state index contributed by atoms with van der Waals surface area (Å²) < 4.78 is 29.8. The number of nitrogens with two attached hydrogens (primary N) is 1. The molecule has 2 N–H and O–H groups in total. The van der Waals surface area contributed by atoms with Gasteiger partial charge in [-0.1, -0.05) is 12.1 Å². The Morgan fingerprint density at radius 3 is 2.60 bits per heavy atom. The third-order valence-electron chi connectivity index (χ3n) is 3.76. The summed E-state index contributed by atoms with van der Waals surface area (Å²) in [7, 11) is -1.52. The van der Waals surface area contributed by atoms with Crippen LogP contribution in [-0.4, -0.2) is 51.9 Å². The van der Waals surface area contributed by atoms with Gasteiger partial charge in [-0.25, -0.2) is 8.42 Å². The molecule has 1 aliphatic heterocycles. The minimum atomic E-state index is -3.22. The Morgan fingerprint density at radius 1 is 1.35 bits per heavy atom. The molecular formula is C14H22N2O3S. The highest BCUT2D eigenvalue weighted by atomic mass is 32.2. The predicted molar refractivity (Wildman–Crippen MR) is 78.2 cm³/mol. The molecular weight excluding hydrogens is 276 g/mol. The first-order valence-electron chi connectivity index (χ1n) is 6.82. The van der Waals surface area contributed by atoms with Crippen molar-refractivity contribution in [2.75, 3.05) is 32.5 Å². The maximum absolute atomic E-state index is 12.3. The molecule has 0 saturated carbocycles.